The molecular weight excluding hydrogens is 369 g/mol. The number of aromatic nitrogens is 5. The molecule has 0 saturated heterocycles. The van der Waals surface area contributed by atoms with Crippen LogP contribution in [0.2, 0.25) is 0 Å². The standard InChI is InChI=1S/C14H7BrFN5S/c15-10-4-9(6-17-7-10)13-20-21-12(18-19-14(21)22-13)8-2-1-3-11(16)5-8/h1-7H. The van der Waals surface area contributed by atoms with Crippen molar-refractivity contribution in [1.29, 1.82) is 0 Å². The third kappa shape index (κ3) is 2.30. The quantitative estimate of drug-likeness (QED) is 0.534. The molecule has 1 aromatic carbocycles. The molecule has 0 aliphatic rings. The highest BCUT2D eigenvalue weighted by Gasteiger charge is 2.15. The second-order valence-corrected chi connectivity index (χ2v) is 6.40. The van der Waals surface area contributed by atoms with Gasteiger partial charge in [-0.25, -0.2) is 4.39 Å². The highest BCUT2D eigenvalue weighted by molar-refractivity contribution is 9.10. The van der Waals surface area contributed by atoms with Crippen LogP contribution in [0.3, 0.4) is 0 Å². The van der Waals surface area contributed by atoms with Gasteiger partial charge in [0.25, 0.3) is 0 Å². The number of benzene rings is 1. The minimum atomic E-state index is -0.319. The molecule has 0 N–H and O–H groups in total. The zero-order valence-electron chi connectivity index (χ0n) is 10.9. The van der Waals surface area contributed by atoms with E-state index in [0.717, 1.165) is 15.0 Å². The Bertz CT molecular complexity index is 980. The van der Waals surface area contributed by atoms with E-state index in [1.807, 2.05) is 6.07 Å². The Morgan fingerprint density at radius 2 is 2.00 bits per heavy atom. The summed E-state index contributed by atoms with van der Waals surface area (Å²) in [6, 6.07) is 8.15. The van der Waals surface area contributed by atoms with E-state index in [9.17, 15) is 4.39 Å². The maximum Gasteiger partial charge on any atom is 0.235 e. The number of nitrogens with zero attached hydrogens (tertiary/aromatic N) is 5. The lowest BCUT2D eigenvalue weighted by Gasteiger charge is -1.97. The van der Waals surface area contributed by atoms with Gasteiger partial charge < -0.3 is 0 Å². The lowest BCUT2D eigenvalue weighted by Crippen LogP contribution is -1.91. The highest BCUT2D eigenvalue weighted by Crippen LogP contribution is 2.28. The molecule has 3 heterocycles. The SMILES string of the molecule is Fc1cccc(-c2nnc3sc(-c4cncc(Br)c4)nn23)c1. The molecule has 4 rings (SSSR count). The first-order valence-electron chi connectivity index (χ1n) is 6.30. The summed E-state index contributed by atoms with van der Waals surface area (Å²) in [5.74, 6) is 0.195. The molecule has 8 heteroatoms. The molecule has 0 saturated carbocycles. The van der Waals surface area contributed by atoms with Gasteiger partial charge in [-0.3, -0.25) is 4.98 Å². The molecule has 0 fully saturated rings. The first-order chi connectivity index (χ1) is 10.7. The molecule has 5 nitrogen and oxygen atoms in total. The summed E-state index contributed by atoms with van der Waals surface area (Å²) in [5, 5.41) is 13.5. The summed E-state index contributed by atoms with van der Waals surface area (Å²) in [4.78, 5) is 4.78. The summed E-state index contributed by atoms with van der Waals surface area (Å²) in [6.07, 6.45) is 3.44. The van der Waals surface area contributed by atoms with Gasteiger partial charge in [0.05, 0.1) is 0 Å². The van der Waals surface area contributed by atoms with E-state index >= 15 is 0 Å². The molecule has 22 heavy (non-hydrogen) atoms. The molecule has 108 valence electrons. The van der Waals surface area contributed by atoms with Crippen molar-refractivity contribution in [2.75, 3.05) is 0 Å². The van der Waals surface area contributed by atoms with Gasteiger partial charge >= 0.3 is 0 Å². The molecule has 0 amide bonds. The molecule has 0 aliphatic heterocycles. The largest absolute Gasteiger partial charge is 0.263 e. The Kier molecular flexibility index (Phi) is 3.20. The second-order valence-electron chi connectivity index (χ2n) is 4.53. The fraction of sp³-hybridized carbons (Fsp3) is 0. The van der Waals surface area contributed by atoms with Crippen molar-refractivity contribution in [3.8, 4) is 22.0 Å². The van der Waals surface area contributed by atoms with E-state index in [0.29, 0.717) is 16.3 Å². The van der Waals surface area contributed by atoms with Gasteiger partial charge in [0.2, 0.25) is 4.96 Å². The third-order valence-corrected chi connectivity index (χ3v) is 4.41. The van der Waals surface area contributed by atoms with Crippen molar-refractivity contribution in [3.05, 3.63) is 53.0 Å². The average molecular weight is 376 g/mol. The lowest BCUT2D eigenvalue weighted by molar-refractivity contribution is 0.628. The zero-order chi connectivity index (χ0) is 15.1. The van der Waals surface area contributed by atoms with Crippen molar-refractivity contribution in [1.82, 2.24) is 24.8 Å². The Morgan fingerprint density at radius 3 is 2.82 bits per heavy atom. The van der Waals surface area contributed by atoms with Crippen LogP contribution in [0.4, 0.5) is 4.39 Å². The van der Waals surface area contributed by atoms with Crippen molar-refractivity contribution in [3.63, 3.8) is 0 Å². The molecule has 0 aliphatic carbocycles. The molecule has 0 unspecified atom stereocenters. The van der Waals surface area contributed by atoms with Gasteiger partial charge in [0.15, 0.2) is 5.82 Å². The lowest BCUT2D eigenvalue weighted by atomic mass is 10.2. The van der Waals surface area contributed by atoms with Crippen LogP contribution < -0.4 is 0 Å². The zero-order valence-corrected chi connectivity index (χ0v) is 13.3. The fourth-order valence-electron chi connectivity index (χ4n) is 2.07. The predicted molar refractivity (Wildman–Crippen MR) is 85.0 cm³/mol. The molecule has 0 bridgehead atoms. The highest BCUT2D eigenvalue weighted by atomic mass is 79.9. The Morgan fingerprint density at radius 1 is 1.09 bits per heavy atom. The normalized spacial score (nSPS) is 11.2. The van der Waals surface area contributed by atoms with Gasteiger partial charge in [-0.1, -0.05) is 23.5 Å². The van der Waals surface area contributed by atoms with Gasteiger partial charge in [-0.2, -0.15) is 9.61 Å². The second kappa shape index (κ2) is 5.22. The number of fused-ring (bicyclic) bond motifs is 1. The number of rotatable bonds is 2. The van der Waals surface area contributed by atoms with Crippen LogP contribution in [0.15, 0.2) is 47.2 Å². The topological polar surface area (TPSA) is 56.0 Å². The minimum absolute atomic E-state index is 0.319. The Labute approximate surface area is 136 Å². The number of pyridine rings is 1. The van der Waals surface area contributed by atoms with E-state index in [4.69, 9.17) is 0 Å². The number of hydrogen-bond acceptors (Lipinski definition) is 5. The average Bonchev–Trinajstić information content (AvgIpc) is 3.07. The predicted octanol–water partition coefficient (Wildman–Crippen LogP) is 3.82. The summed E-state index contributed by atoms with van der Waals surface area (Å²) in [6.45, 7) is 0. The van der Waals surface area contributed by atoms with Gasteiger partial charge in [-0.15, -0.1) is 10.2 Å². The Balaban J connectivity index is 1.86. The molecule has 3 aromatic heterocycles. The monoisotopic (exact) mass is 375 g/mol. The van der Waals surface area contributed by atoms with E-state index < -0.39 is 0 Å². The first kappa shape index (κ1) is 13.5. The van der Waals surface area contributed by atoms with Crippen LogP contribution in [0.5, 0.6) is 0 Å². The smallest absolute Gasteiger partial charge is 0.235 e. The van der Waals surface area contributed by atoms with Crippen LogP contribution in [0, 0.1) is 5.82 Å². The molecule has 0 spiro atoms. The minimum Gasteiger partial charge on any atom is -0.263 e. The van der Waals surface area contributed by atoms with Crippen LogP contribution in [0.25, 0.3) is 26.9 Å². The van der Waals surface area contributed by atoms with E-state index in [2.05, 4.69) is 36.2 Å². The van der Waals surface area contributed by atoms with Crippen molar-refractivity contribution < 1.29 is 4.39 Å². The molecule has 0 atom stereocenters. The summed E-state index contributed by atoms with van der Waals surface area (Å²) >= 11 is 4.79. The van der Waals surface area contributed by atoms with Crippen molar-refractivity contribution >= 4 is 32.2 Å². The van der Waals surface area contributed by atoms with Crippen LogP contribution in [0.1, 0.15) is 0 Å². The van der Waals surface area contributed by atoms with E-state index in [1.54, 1.807) is 29.0 Å². The number of hydrogen-bond donors (Lipinski definition) is 0. The first-order valence-corrected chi connectivity index (χ1v) is 7.91. The van der Waals surface area contributed by atoms with E-state index in [1.165, 1.54) is 23.5 Å². The van der Waals surface area contributed by atoms with Gasteiger partial charge in [0, 0.05) is 28.0 Å². The van der Waals surface area contributed by atoms with Crippen molar-refractivity contribution in [2.45, 2.75) is 0 Å². The van der Waals surface area contributed by atoms with Crippen LogP contribution >= 0.6 is 27.3 Å². The van der Waals surface area contributed by atoms with Crippen LogP contribution in [-0.2, 0) is 0 Å². The summed E-state index contributed by atoms with van der Waals surface area (Å²) in [5.41, 5.74) is 1.52. The summed E-state index contributed by atoms with van der Waals surface area (Å²) in [7, 11) is 0. The summed E-state index contributed by atoms with van der Waals surface area (Å²) < 4.78 is 15.9. The molecular formula is C14H7BrFN5S. The third-order valence-electron chi connectivity index (χ3n) is 3.03. The van der Waals surface area contributed by atoms with E-state index in [-0.39, 0.29) is 5.82 Å². The van der Waals surface area contributed by atoms with Crippen LogP contribution in [-0.4, -0.2) is 24.8 Å². The van der Waals surface area contributed by atoms with Crippen molar-refractivity contribution in [2.24, 2.45) is 0 Å². The number of halogens is 2. The van der Waals surface area contributed by atoms with Gasteiger partial charge in [0.1, 0.15) is 10.8 Å². The van der Waals surface area contributed by atoms with Gasteiger partial charge in [-0.05, 0) is 34.1 Å². The maximum atomic E-state index is 13.4. The maximum absolute atomic E-state index is 13.4. The fourth-order valence-corrected chi connectivity index (χ4v) is 3.26. The molecule has 4 aromatic rings. The Hall–Kier alpha value is -2.19. The molecule has 0 radical (unpaired) electrons.